The summed E-state index contributed by atoms with van der Waals surface area (Å²) in [5.74, 6) is 0.541. The Kier molecular flexibility index (Phi) is 1.65. The molecule has 2 rings (SSSR count). The van der Waals surface area contributed by atoms with Gasteiger partial charge in [0, 0.05) is 18.6 Å². The van der Waals surface area contributed by atoms with Crippen molar-refractivity contribution in [2.75, 3.05) is 6.61 Å². The Bertz CT molecular complexity index is 369. The third-order valence-electron chi connectivity index (χ3n) is 2.08. The summed E-state index contributed by atoms with van der Waals surface area (Å²) in [6, 6.07) is 2.78. The molecule has 1 aromatic carbocycles. The van der Waals surface area contributed by atoms with Crippen LogP contribution >= 0.6 is 0 Å². The molecular formula is C10H10O3. The summed E-state index contributed by atoms with van der Waals surface area (Å²) >= 11 is 0. The summed E-state index contributed by atoms with van der Waals surface area (Å²) < 4.78 is 5.27. The first-order valence-electron chi connectivity index (χ1n) is 4.05. The number of aromatic hydroxyl groups is 2. The quantitative estimate of drug-likeness (QED) is 0.637. The van der Waals surface area contributed by atoms with E-state index in [-0.39, 0.29) is 11.5 Å². The summed E-state index contributed by atoms with van der Waals surface area (Å²) in [4.78, 5) is 0. The fourth-order valence-electron chi connectivity index (χ4n) is 1.46. The zero-order chi connectivity index (χ0) is 9.42. The van der Waals surface area contributed by atoms with Gasteiger partial charge in [-0.3, -0.25) is 0 Å². The van der Waals surface area contributed by atoms with E-state index in [9.17, 15) is 10.2 Å². The van der Waals surface area contributed by atoms with Gasteiger partial charge in [-0.05, 0) is 5.57 Å². The molecule has 1 aromatic rings. The van der Waals surface area contributed by atoms with Crippen molar-refractivity contribution >= 4 is 5.57 Å². The van der Waals surface area contributed by atoms with Crippen molar-refractivity contribution in [2.24, 2.45) is 0 Å². The van der Waals surface area contributed by atoms with Crippen LogP contribution in [-0.4, -0.2) is 16.8 Å². The molecule has 0 saturated carbocycles. The Hall–Kier alpha value is -1.64. The summed E-state index contributed by atoms with van der Waals surface area (Å²) in [6.45, 7) is 4.37. The zero-order valence-corrected chi connectivity index (χ0v) is 7.08. The number of hydrogen-bond acceptors (Lipinski definition) is 3. The van der Waals surface area contributed by atoms with Gasteiger partial charge in [0.1, 0.15) is 17.2 Å². The van der Waals surface area contributed by atoms with Crippen molar-refractivity contribution in [3.8, 4) is 17.2 Å². The Morgan fingerprint density at radius 2 is 2.08 bits per heavy atom. The fraction of sp³-hybridized carbons (Fsp3) is 0.200. The lowest BCUT2D eigenvalue weighted by Gasteiger charge is -2.20. The van der Waals surface area contributed by atoms with Crippen LogP contribution in [0.2, 0.25) is 0 Å². The maximum Gasteiger partial charge on any atom is 0.134 e. The molecule has 0 spiro atoms. The minimum Gasteiger partial charge on any atom is -0.508 e. The molecular weight excluding hydrogens is 168 g/mol. The van der Waals surface area contributed by atoms with E-state index >= 15 is 0 Å². The van der Waals surface area contributed by atoms with Crippen molar-refractivity contribution in [1.82, 2.24) is 0 Å². The minimum atomic E-state index is 0.00551. The maximum atomic E-state index is 9.51. The second-order valence-corrected chi connectivity index (χ2v) is 3.04. The van der Waals surface area contributed by atoms with Crippen LogP contribution in [0.3, 0.4) is 0 Å². The molecule has 0 amide bonds. The SMILES string of the molecule is C=C1CCOc2cc(O)cc(O)c21. The maximum absolute atomic E-state index is 9.51. The number of fused-ring (bicyclic) bond motifs is 1. The number of benzene rings is 1. The molecule has 0 unspecified atom stereocenters. The molecule has 1 aliphatic rings. The minimum absolute atomic E-state index is 0.00551. The first-order valence-corrected chi connectivity index (χ1v) is 4.05. The molecule has 1 heterocycles. The van der Waals surface area contributed by atoms with E-state index in [4.69, 9.17) is 4.74 Å². The molecule has 0 aromatic heterocycles. The summed E-state index contributed by atoms with van der Waals surface area (Å²) in [5.41, 5.74) is 1.46. The fourth-order valence-corrected chi connectivity index (χ4v) is 1.46. The van der Waals surface area contributed by atoms with E-state index in [1.807, 2.05) is 0 Å². The van der Waals surface area contributed by atoms with E-state index in [2.05, 4.69) is 6.58 Å². The zero-order valence-electron chi connectivity index (χ0n) is 7.08. The van der Waals surface area contributed by atoms with Gasteiger partial charge < -0.3 is 14.9 Å². The van der Waals surface area contributed by atoms with Crippen molar-refractivity contribution in [1.29, 1.82) is 0 Å². The number of rotatable bonds is 0. The van der Waals surface area contributed by atoms with Crippen LogP contribution in [0.15, 0.2) is 18.7 Å². The number of hydrogen-bond donors (Lipinski definition) is 2. The van der Waals surface area contributed by atoms with Gasteiger partial charge in [0.25, 0.3) is 0 Å². The van der Waals surface area contributed by atoms with Gasteiger partial charge >= 0.3 is 0 Å². The highest BCUT2D eigenvalue weighted by atomic mass is 16.5. The van der Waals surface area contributed by atoms with Crippen molar-refractivity contribution < 1.29 is 14.9 Å². The molecule has 1 aliphatic heterocycles. The van der Waals surface area contributed by atoms with Crippen molar-refractivity contribution in [3.63, 3.8) is 0 Å². The van der Waals surface area contributed by atoms with Crippen LogP contribution in [0, 0.1) is 0 Å². The van der Waals surface area contributed by atoms with Gasteiger partial charge in [0.2, 0.25) is 0 Å². The van der Waals surface area contributed by atoms with Crippen molar-refractivity contribution in [3.05, 3.63) is 24.3 Å². The van der Waals surface area contributed by atoms with Gasteiger partial charge in [-0.2, -0.15) is 0 Å². The number of phenols is 2. The molecule has 0 bridgehead atoms. The van der Waals surface area contributed by atoms with Crippen LogP contribution < -0.4 is 4.74 Å². The number of ether oxygens (including phenoxy) is 1. The van der Waals surface area contributed by atoms with Crippen molar-refractivity contribution in [2.45, 2.75) is 6.42 Å². The molecule has 68 valence electrons. The highest BCUT2D eigenvalue weighted by Crippen LogP contribution is 2.40. The second kappa shape index (κ2) is 2.69. The lowest BCUT2D eigenvalue weighted by Crippen LogP contribution is -2.06. The first-order chi connectivity index (χ1) is 6.18. The molecule has 0 aliphatic carbocycles. The molecule has 0 saturated heterocycles. The summed E-state index contributed by atoms with van der Waals surface area (Å²) in [7, 11) is 0. The molecule has 3 nitrogen and oxygen atoms in total. The molecule has 13 heavy (non-hydrogen) atoms. The highest BCUT2D eigenvalue weighted by Gasteiger charge is 2.18. The van der Waals surface area contributed by atoms with E-state index in [1.54, 1.807) is 0 Å². The average molecular weight is 178 g/mol. The third kappa shape index (κ3) is 1.22. The summed E-state index contributed by atoms with van der Waals surface area (Å²) in [6.07, 6.45) is 0.714. The topological polar surface area (TPSA) is 49.7 Å². The smallest absolute Gasteiger partial charge is 0.134 e. The molecule has 3 heteroatoms. The lowest BCUT2D eigenvalue weighted by atomic mass is 10.0. The van der Waals surface area contributed by atoms with Gasteiger partial charge in [-0.15, -0.1) is 0 Å². The third-order valence-corrected chi connectivity index (χ3v) is 2.08. The first kappa shape index (κ1) is 7.98. The second-order valence-electron chi connectivity index (χ2n) is 3.04. The van der Waals surface area contributed by atoms with Gasteiger partial charge in [0.05, 0.1) is 12.2 Å². The Morgan fingerprint density at radius 3 is 2.85 bits per heavy atom. The lowest BCUT2D eigenvalue weighted by molar-refractivity contribution is 0.310. The molecule has 2 N–H and O–H groups in total. The Morgan fingerprint density at radius 1 is 1.31 bits per heavy atom. The van der Waals surface area contributed by atoms with Crippen LogP contribution in [0.25, 0.3) is 5.57 Å². The average Bonchev–Trinajstić information content (AvgIpc) is 2.02. The largest absolute Gasteiger partial charge is 0.508 e. The molecule has 0 radical (unpaired) electrons. The Balaban J connectivity index is 2.63. The van der Waals surface area contributed by atoms with Gasteiger partial charge in [0.15, 0.2) is 0 Å². The van der Waals surface area contributed by atoms with Crippen LogP contribution in [0.1, 0.15) is 12.0 Å². The van der Waals surface area contributed by atoms with E-state index in [1.165, 1.54) is 12.1 Å². The highest BCUT2D eigenvalue weighted by molar-refractivity contribution is 5.76. The Labute approximate surface area is 75.9 Å². The monoisotopic (exact) mass is 178 g/mol. The normalized spacial score (nSPS) is 14.9. The number of phenolic OH excluding ortho intramolecular Hbond substituents is 2. The predicted molar refractivity (Wildman–Crippen MR) is 48.9 cm³/mol. The summed E-state index contributed by atoms with van der Waals surface area (Å²) in [5, 5.41) is 18.7. The van der Waals surface area contributed by atoms with Gasteiger partial charge in [-0.1, -0.05) is 6.58 Å². The van der Waals surface area contributed by atoms with E-state index < -0.39 is 0 Å². The van der Waals surface area contributed by atoms with E-state index in [0.717, 1.165) is 5.57 Å². The van der Waals surface area contributed by atoms with E-state index in [0.29, 0.717) is 24.3 Å². The van der Waals surface area contributed by atoms with Gasteiger partial charge in [-0.25, -0.2) is 0 Å². The molecule has 0 atom stereocenters. The molecule has 0 fully saturated rings. The van der Waals surface area contributed by atoms with Crippen LogP contribution in [-0.2, 0) is 0 Å². The van der Waals surface area contributed by atoms with Crippen LogP contribution in [0.4, 0.5) is 0 Å². The standard InChI is InChI=1S/C10H10O3/c1-6-2-3-13-9-5-7(11)4-8(12)10(6)9/h4-5,11-12H,1-3H2. The predicted octanol–water partition coefficient (Wildman–Crippen LogP) is 1.89. The van der Waals surface area contributed by atoms with Crippen LogP contribution in [0.5, 0.6) is 17.2 Å².